The summed E-state index contributed by atoms with van der Waals surface area (Å²) in [4.78, 5) is 2.33. The smallest absolute Gasteiger partial charge is 0.133 e. The first-order chi connectivity index (χ1) is 8.27. The zero-order chi connectivity index (χ0) is 12.5. The number of furan rings is 1. The van der Waals surface area contributed by atoms with Crippen molar-refractivity contribution in [1.29, 1.82) is 0 Å². The normalized spacial score (nSPS) is 13.2. The van der Waals surface area contributed by atoms with Gasteiger partial charge < -0.3 is 14.4 Å². The molecule has 0 amide bonds. The fraction of sp³-hybridized carbons (Fsp3) is 0.714. The van der Waals surface area contributed by atoms with E-state index in [0.717, 1.165) is 13.1 Å². The molecule has 1 N–H and O–H groups in total. The summed E-state index contributed by atoms with van der Waals surface area (Å²) >= 11 is 0. The molecule has 17 heavy (non-hydrogen) atoms. The average molecular weight is 239 g/mol. The fourth-order valence-corrected chi connectivity index (χ4v) is 1.87. The zero-order valence-corrected chi connectivity index (χ0v) is 11.1. The van der Waals surface area contributed by atoms with Crippen molar-refractivity contribution in [1.82, 2.24) is 4.90 Å². The molecule has 0 aromatic carbocycles. The highest BCUT2D eigenvalue weighted by Gasteiger charge is 2.14. The van der Waals surface area contributed by atoms with Gasteiger partial charge in [-0.15, -0.1) is 0 Å². The Balaban J connectivity index is 2.40. The van der Waals surface area contributed by atoms with E-state index in [9.17, 15) is 5.11 Å². The predicted octanol–water partition coefficient (Wildman–Crippen LogP) is 3.22. The van der Waals surface area contributed by atoms with Crippen LogP contribution in [0.2, 0.25) is 0 Å². The second-order valence-corrected chi connectivity index (χ2v) is 4.54. The van der Waals surface area contributed by atoms with Crippen LogP contribution in [0.25, 0.3) is 0 Å². The van der Waals surface area contributed by atoms with Crippen molar-refractivity contribution in [2.24, 2.45) is 0 Å². The third-order valence-corrected chi connectivity index (χ3v) is 2.96. The summed E-state index contributed by atoms with van der Waals surface area (Å²) in [5.41, 5.74) is 0. The summed E-state index contributed by atoms with van der Waals surface area (Å²) < 4.78 is 5.23. The van der Waals surface area contributed by atoms with E-state index in [4.69, 9.17) is 4.42 Å². The van der Waals surface area contributed by atoms with Crippen LogP contribution in [0.3, 0.4) is 0 Å². The lowest BCUT2D eigenvalue weighted by atomic mass is 10.2. The minimum Gasteiger partial charge on any atom is -0.467 e. The van der Waals surface area contributed by atoms with E-state index in [1.165, 1.54) is 25.7 Å². The van der Waals surface area contributed by atoms with E-state index in [-0.39, 0.29) is 0 Å². The van der Waals surface area contributed by atoms with Crippen LogP contribution >= 0.6 is 0 Å². The number of aliphatic hydroxyl groups is 1. The Morgan fingerprint density at radius 2 is 1.88 bits per heavy atom. The molecule has 0 spiro atoms. The van der Waals surface area contributed by atoms with Crippen molar-refractivity contribution in [2.75, 3.05) is 19.6 Å². The average Bonchev–Trinajstić information content (AvgIpc) is 2.86. The molecule has 1 aromatic rings. The van der Waals surface area contributed by atoms with Gasteiger partial charge in [0.25, 0.3) is 0 Å². The first kappa shape index (κ1) is 14.3. The van der Waals surface area contributed by atoms with Gasteiger partial charge in [-0.25, -0.2) is 0 Å². The molecule has 0 saturated carbocycles. The van der Waals surface area contributed by atoms with Gasteiger partial charge in [0.15, 0.2) is 0 Å². The minimum absolute atomic E-state index is 0.501. The Morgan fingerprint density at radius 1 is 1.24 bits per heavy atom. The van der Waals surface area contributed by atoms with Gasteiger partial charge in [0.2, 0.25) is 0 Å². The number of nitrogens with zero attached hydrogens (tertiary/aromatic N) is 1. The van der Waals surface area contributed by atoms with Gasteiger partial charge >= 0.3 is 0 Å². The summed E-state index contributed by atoms with van der Waals surface area (Å²) in [5, 5.41) is 10.0. The molecule has 0 aliphatic rings. The quantitative estimate of drug-likeness (QED) is 0.719. The highest BCUT2D eigenvalue weighted by molar-refractivity contribution is 5.02. The molecule has 1 atom stereocenters. The van der Waals surface area contributed by atoms with Gasteiger partial charge in [-0.1, -0.05) is 26.7 Å². The molecule has 1 rings (SSSR count). The van der Waals surface area contributed by atoms with E-state index in [0.29, 0.717) is 12.3 Å². The van der Waals surface area contributed by atoms with Crippen LogP contribution in [0.5, 0.6) is 0 Å². The molecule has 1 unspecified atom stereocenters. The highest BCUT2D eigenvalue weighted by atomic mass is 16.4. The van der Waals surface area contributed by atoms with E-state index >= 15 is 0 Å². The SMILES string of the molecule is CCCCN(CCCC)CC(O)c1ccco1. The van der Waals surface area contributed by atoms with Gasteiger partial charge in [0, 0.05) is 6.54 Å². The Kier molecular flexibility index (Phi) is 6.97. The van der Waals surface area contributed by atoms with Crippen molar-refractivity contribution in [3.05, 3.63) is 24.2 Å². The molecule has 3 nitrogen and oxygen atoms in total. The van der Waals surface area contributed by atoms with Crippen LogP contribution in [0.1, 0.15) is 51.4 Å². The highest BCUT2D eigenvalue weighted by Crippen LogP contribution is 2.15. The second kappa shape index (κ2) is 8.31. The zero-order valence-electron chi connectivity index (χ0n) is 11.1. The number of aliphatic hydroxyl groups excluding tert-OH is 1. The number of hydrogen-bond acceptors (Lipinski definition) is 3. The third-order valence-electron chi connectivity index (χ3n) is 2.96. The molecule has 3 heteroatoms. The first-order valence-corrected chi connectivity index (χ1v) is 6.71. The molecule has 1 heterocycles. The van der Waals surface area contributed by atoms with Gasteiger partial charge in [-0.05, 0) is 38.1 Å². The number of hydrogen-bond donors (Lipinski definition) is 1. The molecule has 98 valence electrons. The lowest BCUT2D eigenvalue weighted by molar-refractivity contribution is 0.0928. The lowest BCUT2D eigenvalue weighted by Gasteiger charge is -2.24. The summed E-state index contributed by atoms with van der Waals surface area (Å²) in [7, 11) is 0. The van der Waals surface area contributed by atoms with Crippen molar-refractivity contribution in [3.63, 3.8) is 0 Å². The van der Waals surface area contributed by atoms with Crippen LogP contribution in [0.15, 0.2) is 22.8 Å². The van der Waals surface area contributed by atoms with Crippen LogP contribution in [0, 0.1) is 0 Å². The minimum atomic E-state index is -0.501. The van der Waals surface area contributed by atoms with Gasteiger partial charge in [0.1, 0.15) is 11.9 Å². The Bertz CT molecular complexity index is 264. The summed E-state index contributed by atoms with van der Waals surface area (Å²) in [5.74, 6) is 0.669. The Morgan fingerprint density at radius 3 is 2.35 bits per heavy atom. The maximum Gasteiger partial charge on any atom is 0.133 e. The summed E-state index contributed by atoms with van der Waals surface area (Å²) in [6.07, 6.45) is 5.88. The molecule has 0 fully saturated rings. The van der Waals surface area contributed by atoms with Crippen molar-refractivity contribution >= 4 is 0 Å². The Hall–Kier alpha value is -0.800. The van der Waals surface area contributed by atoms with E-state index in [1.807, 2.05) is 12.1 Å². The predicted molar refractivity (Wildman–Crippen MR) is 69.9 cm³/mol. The lowest BCUT2D eigenvalue weighted by Crippen LogP contribution is -2.30. The first-order valence-electron chi connectivity index (χ1n) is 6.71. The second-order valence-electron chi connectivity index (χ2n) is 4.54. The third kappa shape index (κ3) is 5.37. The molecular formula is C14H25NO2. The Labute approximate surface area is 104 Å². The standard InChI is InChI=1S/C14H25NO2/c1-3-5-9-15(10-6-4-2)12-13(16)14-8-7-11-17-14/h7-8,11,13,16H,3-6,9-10,12H2,1-2H3. The van der Waals surface area contributed by atoms with E-state index in [1.54, 1.807) is 6.26 Å². The van der Waals surface area contributed by atoms with Crippen LogP contribution < -0.4 is 0 Å². The van der Waals surface area contributed by atoms with Crippen molar-refractivity contribution in [3.8, 4) is 0 Å². The maximum atomic E-state index is 10.0. The van der Waals surface area contributed by atoms with Crippen molar-refractivity contribution in [2.45, 2.75) is 45.6 Å². The van der Waals surface area contributed by atoms with Gasteiger partial charge in [-0.2, -0.15) is 0 Å². The van der Waals surface area contributed by atoms with Crippen LogP contribution in [0.4, 0.5) is 0 Å². The fourth-order valence-electron chi connectivity index (χ4n) is 1.87. The molecule has 0 radical (unpaired) electrons. The van der Waals surface area contributed by atoms with E-state index < -0.39 is 6.10 Å². The molecule has 1 aromatic heterocycles. The summed E-state index contributed by atoms with van der Waals surface area (Å²) in [6.45, 7) is 7.19. The van der Waals surface area contributed by atoms with Crippen molar-refractivity contribution < 1.29 is 9.52 Å². The van der Waals surface area contributed by atoms with E-state index in [2.05, 4.69) is 18.7 Å². The topological polar surface area (TPSA) is 36.6 Å². The summed E-state index contributed by atoms with van der Waals surface area (Å²) in [6, 6.07) is 3.66. The number of rotatable bonds is 9. The van der Waals surface area contributed by atoms with Gasteiger partial charge in [0.05, 0.1) is 6.26 Å². The maximum absolute atomic E-state index is 10.0. The molecule has 0 aliphatic carbocycles. The molecule has 0 saturated heterocycles. The van der Waals surface area contributed by atoms with Crippen LogP contribution in [-0.4, -0.2) is 29.6 Å². The number of unbranched alkanes of at least 4 members (excludes halogenated alkanes) is 2. The molecular weight excluding hydrogens is 214 g/mol. The monoisotopic (exact) mass is 239 g/mol. The molecule has 0 aliphatic heterocycles. The van der Waals surface area contributed by atoms with Crippen LogP contribution in [-0.2, 0) is 0 Å². The molecule has 0 bridgehead atoms. The largest absolute Gasteiger partial charge is 0.467 e. The van der Waals surface area contributed by atoms with Gasteiger partial charge in [-0.3, -0.25) is 0 Å².